The number of para-hydroxylation sites is 1. The number of nitro benzene ring substituents is 1. The van der Waals surface area contributed by atoms with Crippen molar-refractivity contribution in [3.05, 3.63) is 33.9 Å². The lowest BCUT2D eigenvalue weighted by Crippen LogP contribution is -2.44. The molecule has 0 atom stereocenters. The van der Waals surface area contributed by atoms with E-state index in [9.17, 15) is 20.0 Å². The SMILES string of the molecule is CN(C)C1CCN(C(=O)c2cccc([N+](=O)[O-])c2O)CC1. The molecule has 1 saturated heterocycles. The molecule has 2 rings (SSSR count). The molecule has 0 saturated carbocycles. The molecule has 7 nitrogen and oxygen atoms in total. The van der Waals surface area contributed by atoms with Gasteiger partial charge in [0.25, 0.3) is 5.91 Å². The number of amides is 1. The molecule has 0 bridgehead atoms. The fourth-order valence-corrected chi connectivity index (χ4v) is 2.61. The van der Waals surface area contributed by atoms with Crippen molar-refractivity contribution in [2.24, 2.45) is 0 Å². The third-order valence-corrected chi connectivity index (χ3v) is 3.92. The third-order valence-electron chi connectivity index (χ3n) is 3.92. The molecule has 0 aliphatic carbocycles. The number of piperidine rings is 1. The molecule has 21 heavy (non-hydrogen) atoms. The highest BCUT2D eigenvalue weighted by Gasteiger charge is 2.28. The van der Waals surface area contributed by atoms with Gasteiger partial charge < -0.3 is 14.9 Å². The number of nitro groups is 1. The molecule has 114 valence electrons. The number of benzene rings is 1. The van der Waals surface area contributed by atoms with Crippen LogP contribution in [0.5, 0.6) is 5.75 Å². The zero-order chi connectivity index (χ0) is 15.6. The maximum Gasteiger partial charge on any atom is 0.311 e. The van der Waals surface area contributed by atoms with E-state index in [-0.39, 0.29) is 11.5 Å². The van der Waals surface area contributed by atoms with Crippen molar-refractivity contribution in [2.75, 3.05) is 27.2 Å². The average molecular weight is 293 g/mol. The Balaban J connectivity index is 2.15. The highest BCUT2D eigenvalue weighted by molar-refractivity contribution is 5.98. The fraction of sp³-hybridized carbons (Fsp3) is 0.500. The van der Waals surface area contributed by atoms with Crippen LogP contribution < -0.4 is 0 Å². The Morgan fingerprint density at radius 2 is 2.00 bits per heavy atom. The minimum absolute atomic E-state index is 0.00694. The van der Waals surface area contributed by atoms with E-state index in [4.69, 9.17) is 0 Å². The van der Waals surface area contributed by atoms with E-state index in [0.29, 0.717) is 19.1 Å². The minimum Gasteiger partial charge on any atom is -0.502 e. The zero-order valence-electron chi connectivity index (χ0n) is 12.2. The van der Waals surface area contributed by atoms with Gasteiger partial charge in [-0.2, -0.15) is 0 Å². The second-order valence-corrected chi connectivity index (χ2v) is 5.42. The number of hydrogen-bond acceptors (Lipinski definition) is 5. The molecule has 0 unspecified atom stereocenters. The molecular formula is C14H19N3O4. The van der Waals surface area contributed by atoms with Crippen LogP contribution in [0.15, 0.2) is 18.2 Å². The van der Waals surface area contributed by atoms with Gasteiger partial charge in [-0.25, -0.2) is 0 Å². The van der Waals surface area contributed by atoms with E-state index in [1.165, 1.54) is 18.2 Å². The lowest BCUT2D eigenvalue weighted by molar-refractivity contribution is -0.385. The van der Waals surface area contributed by atoms with Crippen LogP contribution >= 0.6 is 0 Å². The Morgan fingerprint density at radius 1 is 1.38 bits per heavy atom. The van der Waals surface area contributed by atoms with E-state index < -0.39 is 16.4 Å². The van der Waals surface area contributed by atoms with E-state index in [1.54, 1.807) is 4.90 Å². The highest BCUT2D eigenvalue weighted by Crippen LogP contribution is 2.30. The van der Waals surface area contributed by atoms with E-state index in [1.807, 2.05) is 14.1 Å². The van der Waals surface area contributed by atoms with Crippen molar-refractivity contribution >= 4 is 11.6 Å². The minimum atomic E-state index is -0.690. The summed E-state index contributed by atoms with van der Waals surface area (Å²) in [6.07, 6.45) is 1.71. The molecule has 0 aromatic heterocycles. The van der Waals surface area contributed by atoms with Crippen molar-refractivity contribution < 1.29 is 14.8 Å². The lowest BCUT2D eigenvalue weighted by atomic mass is 10.0. The average Bonchev–Trinajstić information content (AvgIpc) is 2.46. The Labute approximate surface area is 122 Å². The number of likely N-dealkylation sites (tertiary alicyclic amines) is 1. The number of rotatable bonds is 3. The van der Waals surface area contributed by atoms with Crippen LogP contribution in [-0.2, 0) is 0 Å². The smallest absolute Gasteiger partial charge is 0.311 e. The van der Waals surface area contributed by atoms with Crippen molar-refractivity contribution in [1.29, 1.82) is 0 Å². The summed E-state index contributed by atoms with van der Waals surface area (Å²) in [5.74, 6) is -0.907. The molecule has 0 radical (unpaired) electrons. The molecule has 0 spiro atoms. The first kappa shape index (κ1) is 15.2. The monoisotopic (exact) mass is 293 g/mol. The standard InChI is InChI=1S/C14H19N3O4/c1-15(2)10-6-8-16(9-7-10)14(19)11-4-3-5-12(13(11)18)17(20)21/h3-5,10,18H,6-9H2,1-2H3. The van der Waals surface area contributed by atoms with Crippen molar-refractivity contribution in [1.82, 2.24) is 9.80 Å². The maximum atomic E-state index is 12.4. The molecule has 1 aromatic rings. The summed E-state index contributed by atoms with van der Waals surface area (Å²) < 4.78 is 0. The summed E-state index contributed by atoms with van der Waals surface area (Å²) in [5, 5.41) is 20.7. The predicted molar refractivity (Wildman–Crippen MR) is 77.4 cm³/mol. The Kier molecular flexibility index (Phi) is 4.42. The second-order valence-electron chi connectivity index (χ2n) is 5.42. The summed E-state index contributed by atoms with van der Waals surface area (Å²) in [6, 6.07) is 4.46. The van der Waals surface area contributed by atoms with Gasteiger partial charge in [-0.3, -0.25) is 14.9 Å². The number of nitrogens with zero attached hydrogens (tertiary/aromatic N) is 3. The van der Waals surface area contributed by atoms with Gasteiger partial charge >= 0.3 is 5.69 Å². The number of carbonyl (C=O) groups is 1. The van der Waals surface area contributed by atoms with E-state index in [2.05, 4.69) is 4.90 Å². The second kappa shape index (κ2) is 6.09. The molecule has 1 amide bonds. The molecule has 7 heteroatoms. The van der Waals surface area contributed by atoms with Crippen LogP contribution in [0.1, 0.15) is 23.2 Å². The van der Waals surface area contributed by atoms with Crippen LogP contribution in [0.25, 0.3) is 0 Å². The summed E-state index contributed by atoms with van der Waals surface area (Å²) in [5.41, 5.74) is -0.448. The summed E-state index contributed by atoms with van der Waals surface area (Å²) in [4.78, 5) is 26.3. The van der Waals surface area contributed by atoms with Crippen LogP contribution in [0.2, 0.25) is 0 Å². The third kappa shape index (κ3) is 3.13. The van der Waals surface area contributed by atoms with Gasteiger partial charge in [0.15, 0.2) is 0 Å². The first-order chi connectivity index (χ1) is 9.91. The Hall–Kier alpha value is -2.15. The first-order valence-electron chi connectivity index (χ1n) is 6.84. The number of carbonyl (C=O) groups excluding carboxylic acids is 1. The number of aromatic hydroxyl groups is 1. The molecule has 1 aromatic carbocycles. The van der Waals surface area contributed by atoms with Crippen LogP contribution in [0.3, 0.4) is 0 Å². The quantitative estimate of drug-likeness (QED) is 0.673. The summed E-state index contributed by atoms with van der Waals surface area (Å²) in [7, 11) is 4.02. The first-order valence-corrected chi connectivity index (χ1v) is 6.84. The summed E-state index contributed by atoms with van der Waals surface area (Å²) >= 11 is 0. The van der Waals surface area contributed by atoms with Crippen LogP contribution in [0.4, 0.5) is 5.69 Å². The van der Waals surface area contributed by atoms with Gasteiger partial charge in [0.2, 0.25) is 5.75 Å². The predicted octanol–water partition coefficient (Wildman–Crippen LogP) is 1.47. The highest BCUT2D eigenvalue weighted by atomic mass is 16.6. The van der Waals surface area contributed by atoms with Gasteiger partial charge in [0.05, 0.1) is 10.5 Å². The molecule has 1 aliphatic rings. The molecule has 1 heterocycles. The number of hydrogen-bond donors (Lipinski definition) is 1. The van der Waals surface area contributed by atoms with Gasteiger partial charge in [0, 0.05) is 25.2 Å². The Morgan fingerprint density at radius 3 is 2.52 bits per heavy atom. The lowest BCUT2D eigenvalue weighted by Gasteiger charge is -2.35. The van der Waals surface area contributed by atoms with E-state index >= 15 is 0 Å². The van der Waals surface area contributed by atoms with Crippen LogP contribution in [-0.4, -0.2) is 59.0 Å². The van der Waals surface area contributed by atoms with Gasteiger partial charge in [0.1, 0.15) is 0 Å². The van der Waals surface area contributed by atoms with Gasteiger partial charge in [-0.15, -0.1) is 0 Å². The molecule has 1 aliphatic heterocycles. The van der Waals surface area contributed by atoms with Crippen molar-refractivity contribution in [2.45, 2.75) is 18.9 Å². The normalized spacial score (nSPS) is 16.2. The van der Waals surface area contributed by atoms with E-state index in [0.717, 1.165) is 12.8 Å². The zero-order valence-corrected chi connectivity index (χ0v) is 12.2. The molecule has 1 fully saturated rings. The summed E-state index contributed by atoms with van der Waals surface area (Å²) in [6.45, 7) is 1.17. The Bertz CT molecular complexity index is 551. The molecular weight excluding hydrogens is 274 g/mol. The van der Waals surface area contributed by atoms with Crippen molar-refractivity contribution in [3.8, 4) is 5.75 Å². The maximum absolute atomic E-state index is 12.4. The number of phenols is 1. The van der Waals surface area contributed by atoms with Crippen LogP contribution in [0, 0.1) is 10.1 Å². The van der Waals surface area contributed by atoms with Crippen molar-refractivity contribution in [3.63, 3.8) is 0 Å². The molecule has 1 N–H and O–H groups in total. The topological polar surface area (TPSA) is 86.9 Å². The fourth-order valence-electron chi connectivity index (χ4n) is 2.61. The van der Waals surface area contributed by atoms with Gasteiger partial charge in [-0.05, 0) is 33.0 Å². The number of phenolic OH excluding ortho intramolecular Hbond substituents is 1. The van der Waals surface area contributed by atoms with Gasteiger partial charge in [-0.1, -0.05) is 6.07 Å². The largest absolute Gasteiger partial charge is 0.502 e.